The van der Waals surface area contributed by atoms with Crippen LogP contribution in [0.15, 0.2) is 18.2 Å². The molecule has 100 valence electrons. The zero-order valence-corrected chi connectivity index (χ0v) is 12.1. The summed E-state index contributed by atoms with van der Waals surface area (Å²) >= 11 is 7.57. The van der Waals surface area contributed by atoms with Gasteiger partial charge in [0.1, 0.15) is 0 Å². The van der Waals surface area contributed by atoms with Gasteiger partial charge in [0, 0.05) is 29.0 Å². The minimum atomic E-state index is -0.123. The van der Waals surface area contributed by atoms with E-state index in [2.05, 4.69) is 5.32 Å². The van der Waals surface area contributed by atoms with Gasteiger partial charge in [-0.15, -0.1) is 0 Å². The second-order valence-electron chi connectivity index (χ2n) is 4.10. The molecule has 0 aromatic heterocycles. The summed E-state index contributed by atoms with van der Waals surface area (Å²) in [6, 6.07) is 5.20. The lowest BCUT2D eigenvalue weighted by molar-refractivity contribution is 0.0935. The third-order valence-electron chi connectivity index (χ3n) is 2.60. The molecule has 18 heavy (non-hydrogen) atoms. The van der Waals surface area contributed by atoms with Gasteiger partial charge in [-0.25, -0.2) is 0 Å². The molecule has 0 aliphatic heterocycles. The molecule has 1 rings (SSSR count). The number of halogens is 1. The average molecular weight is 288 g/mol. The molecular weight excluding hydrogens is 270 g/mol. The predicted octanol–water partition coefficient (Wildman–Crippen LogP) is 2.49. The van der Waals surface area contributed by atoms with Crippen LogP contribution in [0.3, 0.4) is 0 Å². The van der Waals surface area contributed by atoms with Crippen LogP contribution in [0.5, 0.6) is 0 Å². The van der Waals surface area contributed by atoms with E-state index in [-0.39, 0.29) is 18.6 Å². The van der Waals surface area contributed by atoms with Crippen LogP contribution in [0.4, 0.5) is 0 Å². The molecule has 0 saturated heterocycles. The fourth-order valence-corrected chi connectivity index (χ4v) is 2.38. The number of aryl methyl sites for hydroxylation is 1. The summed E-state index contributed by atoms with van der Waals surface area (Å²) in [6.07, 6.45) is 2.54. The molecule has 3 nitrogen and oxygen atoms in total. The minimum Gasteiger partial charge on any atom is -0.396 e. The fourth-order valence-electron chi connectivity index (χ4n) is 1.61. The number of hydrogen-bond donors (Lipinski definition) is 2. The highest BCUT2D eigenvalue weighted by atomic mass is 35.5. The van der Waals surface area contributed by atoms with Gasteiger partial charge in [0.2, 0.25) is 0 Å². The molecule has 1 aromatic rings. The molecule has 0 aliphatic rings. The van der Waals surface area contributed by atoms with Crippen LogP contribution in [0.2, 0.25) is 5.02 Å². The molecule has 0 heterocycles. The SMILES string of the molecule is CSC[C@@H](CCO)NC(=O)c1ccc(Cl)c(C)c1. The van der Waals surface area contributed by atoms with Crippen molar-refractivity contribution in [2.45, 2.75) is 19.4 Å². The summed E-state index contributed by atoms with van der Waals surface area (Å²) in [5.74, 6) is 0.668. The fraction of sp³-hybridized carbons (Fsp3) is 0.462. The maximum absolute atomic E-state index is 12.0. The number of hydrogen-bond acceptors (Lipinski definition) is 3. The highest BCUT2D eigenvalue weighted by Gasteiger charge is 2.13. The highest BCUT2D eigenvalue weighted by molar-refractivity contribution is 7.98. The Morgan fingerprint density at radius 2 is 2.28 bits per heavy atom. The van der Waals surface area contributed by atoms with Gasteiger partial charge in [-0.05, 0) is 43.4 Å². The van der Waals surface area contributed by atoms with Gasteiger partial charge >= 0.3 is 0 Å². The number of carbonyl (C=O) groups excluding carboxylic acids is 1. The zero-order chi connectivity index (χ0) is 13.5. The number of aliphatic hydroxyl groups is 1. The molecular formula is C13H18ClNO2S. The molecule has 1 amide bonds. The Balaban J connectivity index is 2.70. The van der Waals surface area contributed by atoms with E-state index in [1.165, 1.54) is 0 Å². The molecule has 0 saturated carbocycles. The first-order valence-electron chi connectivity index (χ1n) is 5.75. The van der Waals surface area contributed by atoms with Crippen LogP contribution in [-0.2, 0) is 0 Å². The van der Waals surface area contributed by atoms with Crippen LogP contribution in [0, 0.1) is 6.92 Å². The number of benzene rings is 1. The maximum atomic E-state index is 12.0. The Hall–Kier alpha value is -0.710. The first kappa shape index (κ1) is 15.3. The van der Waals surface area contributed by atoms with Crippen molar-refractivity contribution < 1.29 is 9.90 Å². The smallest absolute Gasteiger partial charge is 0.251 e. The van der Waals surface area contributed by atoms with Crippen LogP contribution in [-0.4, -0.2) is 35.7 Å². The van der Waals surface area contributed by atoms with Gasteiger partial charge in [0.05, 0.1) is 0 Å². The second kappa shape index (κ2) is 7.67. The lowest BCUT2D eigenvalue weighted by Gasteiger charge is -2.16. The van der Waals surface area contributed by atoms with E-state index in [0.29, 0.717) is 17.0 Å². The van der Waals surface area contributed by atoms with Crippen LogP contribution in [0.1, 0.15) is 22.3 Å². The van der Waals surface area contributed by atoms with Crippen LogP contribution >= 0.6 is 23.4 Å². The van der Waals surface area contributed by atoms with Gasteiger partial charge in [-0.2, -0.15) is 11.8 Å². The quantitative estimate of drug-likeness (QED) is 0.845. The maximum Gasteiger partial charge on any atom is 0.251 e. The highest BCUT2D eigenvalue weighted by Crippen LogP contribution is 2.16. The Bertz CT molecular complexity index is 406. The summed E-state index contributed by atoms with van der Waals surface area (Å²) in [5.41, 5.74) is 1.48. The van der Waals surface area contributed by atoms with Crippen molar-refractivity contribution in [1.29, 1.82) is 0 Å². The van der Waals surface area contributed by atoms with Crippen molar-refractivity contribution in [3.05, 3.63) is 34.3 Å². The second-order valence-corrected chi connectivity index (χ2v) is 5.42. The van der Waals surface area contributed by atoms with E-state index in [9.17, 15) is 4.79 Å². The summed E-state index contributed by atoms with van der Waals surface area (Å²) in [5, 5.41) is 12.5. The minimum absolute atomic E-state index is 0.00603. The van der Waals surface area contributed by atoms with Crippen molar-refractivity contribution in [3.8, 4) is 0 Å². The van der Waals surface area contributed by atoms with Gasteiger partial charge in [0.25, 0.3) is 5.91 Å². The zero-order valence-electron chi connectivity index (χ0n) is 10.6. The largest absolute Gasteiger partial charge is 0.396 e. The molecule has 1 atom stereocenters. The summed E-state index contributed by atoms with van der Waals surface area (Å²) in [6.45, 7) is 1.94. The van der Waals surface area contributed by atoms with E-state index in [4.69, 9.17) is 16.7 Å². The third-order valence-corrected chi connectivity index (χ3v) is 3.76. The average Bonchev–Trinajstić information content (AvgIpc) is 2.33. The molecule has 0 radical (unpaired) electrons. The van der Waals surface area contributed by atoms with Crippen molar-refractivity contribution in [3.63, 3.8) is 0 Å². The third kappa shape index (κ3) is 4.52. The van der Waals surface area contributed by atoms with Gasteiger partial charge < -0.3 is 10.4 Å². The van der Waals surface area contributed by atoms with E-state index in [1.54, 1.807) is 30.0 Å². The molecule has 0 unspecified atom stereocenters. The molecule has 0 spiro atoms. The Kier molecular flexibility index (Phi) is 6.54. The Morgan fingerprint density at radius 1 is 1.56 bits per heavy atom. The van der Waals surface area contributed by atoms with Crippen molar-refractivity contribution in [1.82, 2.24) is 5.32 Å². The van der Waals surface area contributed by atoms with Gasteiger partial charge in [0.15, 0.2) is 0 Å². The Morgan fingerprint density at radius 3 is 2.83 bits per heavy atom. The number of nitrogens with one attached hydrogen (secondary N) is 1. The van der Waals surface area contributed by atoms with Gasteiger partial charge in [-0.1, -0.05) is 11.6 Å². The topological polar surface area (TPSA) is 49.3 Å². The number of rotatable bonds is 6. The lowest BCUT2D eigenvalue weighted by Crippen LogP contribution is -2.37. The summed E-state index contributed by atoms with van der Waals surface area (Å²) in [4.78, 5) is 12.0. The lowest BCUT2D eigenvalue weighted by atomic mass is 10.1. The van der Waals surface area contributed by atoms with Crippen LogP contribution in [0.25, 0.3) is 0 Å². The standard InChI is InChI=1S/C13H18ClNO2S/c1-9-7-10(3-4-12(9)14)13(17)15-11(5-6-16)8-18-2/h3-4,7,11,16H,5-6,8H2,1-2H3,(H,15,17)/t11-/m1/s1. The normalized spacial score (nSPS) is 12.2. The molecule has 5 heteroatoms. The predicted molar refractivity (Wildman–Crippen MR) is 77.5 cm³/mol. The monoisotopic (exact) mass is 287 g/mol. The van der Waals surface area contributed by atoms with E-state index in [1.807, 2.05) is 13.2 Å². The number of aliphatic hydroxyl groups excluding tert-OH is 1. The van der Waals surface area contributed by atoms with Crippen molar-refractivity contribution >= 4 is 29.3 Å². The van der Waals surface area contributed by atoms with Gasteiger partial charge in [-0.3, -0.25) is 4.79 Å². The van der Waals surface area contributed by atoms with Crippen LogP contribution < -0.4 is 5.32 Å². The molecule has 0 aliphatic carbocycles. The molecule has 1 aromatic carbocycles. The summed E-state index contributed by atoms with van der Waals surface area (Å²) in [7, 11) is 0. The first-order chi connectivity index (χ1) is 8.58. The van der Waals surface area contributed by atoms with E-state index >= 15 is 0 Å². The summed E-state index contributed by atoms with van der Waals surface area (Å²) < 4.78 is 0. The van der Waals surface area contributed by atoms with E-state index < -0.39 is 0 Å². The molecule has 0 fully saturated rings. The number of carbonyl (C=O) groups is 1. The van der Waals surface area contributed by atoms with Crippen molar-refractivity contribution in [2.24, 2.45) is 0 Å². The number of amides is 1. The first-order valence-corrected chi connectivity index (χ1v) is 7.52. The number of thioether (sulfide) groups is 1. The molecule has 2 N–H and O–H groups in total. The Labute approximate surface area is 117 Å². The van der Waals surface area contributed by atoms with Crippen molar-refractivity contribution in [2.75, 3.05) is 18.6 Å². The molecule has 0 bridgehead atoms. The van der Waals surface area contributed by atoms with E-state index in [0.717, 1.165) is 11.3 Å².